The summed E-state index contributed by atoms with van der Waals surface area (Å²) in [5.74, 6) is 0.236. The number of aromatic nitrogens is 5. The number of anilines is 2. The summed E-state index contributed by atoms with van der Waals surface area (Å²) in [6.45, 7) is 2.80. The highest BCUT2D eigenvalue weighted by atomic mass is 16.5. The van der Waals surface area contributed by atoms with Gasteiger partial charge in [-0.1, -0.05) is 60.7 Å². The highest BCUT2D eigenvalue weighted by Crippen LogP contribution is 2.30. The fraction of sp³-hybridized carbons (Fsp3) is 0.133. The summed E-state index contributed by atoms with van der Waals surface area (Å²) in [6.07, 6.45) is 5.61. The Kier molecular flexibility index (Phi) is 6.27. The molecule has 0 fully saturated rings. The van der Waals surface area contributed by atoms with Gasteiger partial charge in [0, 0.05) is 29.3 Å². The van der Waals surface area contributed by atoms with Crippen molar-refractivity contribution in [1.82, 2.24) is 24.4 Å². The second-order valence-corrected chi connectivity index (χ2v) is 8.99. The molecular formula is C30H26N6O2. The largest absolute Gasteiger partial charge is 0.462 e. The summed E-state index contributed by atoms with van der Waals surface area (Å²) >= 11 is 0. The highest BCUT2D eigenvalue weighted by Gasteiger charge is 2.22. The third-order valence-electron chi connectivity index (χ3n) is 6.48. The summed E-state index contributed by atoms with van der Waals surface area (Å²) in [7, 11) is 0. The standard InChI is InChI=1S/C30H26N6O2/c1-2-38-30(37)26-19-36-28(25(26)15-21-9-5-3-6-10-21)29(31-20-33-36)34-24-13-14-27-23(16-24)17-32-35(27)18-22-11-7-4-8-12-22/h3-14,16-17,19-20H,2,15,18H2,1H3,(H,31,33,34). The highest BCUT2D eigenvalue weighted by molar-refractivity contribution is 5.96. The first-order valence-corrected chi connectivity index (χ1v) is 12.5. The molecule has 6 rings (SSSR count). The number of hydrogen-bond acceptors (Lipinski definition) is 6. The molecule has 0 unspecified atom stereocenters. The van der Waals surface area contributed by atoms with E-state index in [1.165, 1.54) is 11.9 Å². The Morgan fingerprint density at radius 3 is 2.47 bits per heavy atom. The molecule has 1 N–H and O–H groups in total. The van der Waals surface area contributed by atoms with Crippen molar-refractivity contribution < 1.29 is 9.53 Å². The number of nitrogens with one attached hydrogen (secondary N) is 1. The van der Waals surface area contributed by atoms with Crippen LogP contribution in [0.3, 0.4) is 0 Å². The second kappa shape index (κ2) is 10.2. The maximum atomic E-state index is 12.9. The van der Waals surface area contributed by atoms with Gasteiger partial charge >= 0.3 is 5.97 Å². The van der Waals surface area contributed by atoms with E-state index in [1.54, 1.807) is 17.6 Å². The van der Waals surface area contributed by atoms with Gasteiger partial charge in [-0.15, -0.1) is 0 Å². The van der Waals surface area contributed by atoms with Gasteiger partial charge in [0.1, 0.15) is 11.8 Å². The summed E-state index contributed by atoms with van der Waals surface area (Å²) < 4.78 is 9.04. The van der Waals surface area contributed by atoms with Crippen molar-refractivity contribution in [3.05, 3.63) is 120 Å². The molecule has 3 aromatic carbocycles. The number of ether oxygens (including phenoxy) is 1. The van der Waals surface area contributed by atoms with Gasteiger partial charge in [0.25, 0.3) is 0 Å². The lowest BCUT2D eigenvalue weighted by molar-refractivity contribution is 0.0525. The number of nitrogens with zero attached hydrogens (tertiary/aromatic N) is 5. The van der Waals surface area contributed by atoms with E-state index in [0.29, 0.717) is 31.0 Å². The molecule has 3 heterocycles. The van der Waals surface area contributed by atoms with Gasteiger partial charge in [0.05, 0.1) is 30.4 Å². The predicted octanol–water partition coefficient (Wildman–Crippen LogP) is 5.64. The van der Waals surface area contributed by atoms with E-state index in [-0.39, 0.29) is 5.97 Å². The van der Waals surface area contributed by atoms with E-state index < -0.39 is 0 Å². The molecule has 8 heteroatoms. The fourth-order valence-electron chi connectivity index (χ4n) is 4.71. The van der Waals surface area contributed by atoms with Crippen molar-refractivity contribution in [2.45, 2.75) is 19.9 Å². The molecule has 6 aromatic rings. The quantitative estimate of drug-likeness (QED) is 0.271. The van der Waals surface area contributed by atoms with Crippen molar-refractivity contribution >= 4 is 33.9 Å². The van der Waals surface area contributed by atoms with Crippen LogP contribution in [0.25, 0.3) is 16.4 Å². The Hall–Kier alpha value is -4.98. The smallest absolute Gasteiger partial charge is 0.340 e. The number of carbonyl (C=O) groups is 1. The van der Waals surface area contributed by atoms with E-state index >= 15 is 0 Å². The van der Waals surface area contributed by atoms with Crippen LogP contribution in [-0.2, 0) is 17.7 Å². The Bertz CT molecular complexity index is 1720. The van der Waals surface area contributed by atoms with Crippen LogP contribution in [0.1, 0.15) is 34.0 Å². The maximum Gasteiger partial charge on any atom is 0.340 e. The topological polar surface area (TPSA) is 86.3 Å². The molecular weight excluding hydrogens is 476 g/mol. The van der Waals surface area contributed by atoms with Crippen molar-refractivity contribution in [3.8, 4) is 0 Å². The van der Waals surface area contributed by atoms with Gasteiger partial charge in [0.2, 0.25) is 0 Å². The van der Waals surface area contributed by atoms with Crippen molar-refractivity contribution in [1.29, 1.82) is 0 Å². The minimum atomic E-state index is -0.373. The number of hydrogen-bond donors (Lipinski definition) is 1. The molecule has 0 saturated heterocycles. The predicted molar refractivity (Wildman–Crippen MR) is 147 cm³/mol. The molecule has 0 radical (unpaired) electrons. The molecule has 0 atom stereocenters. The Balaban J connectivity index is 1.37. The van der Waals surface area contributed by atoms with Crippen molar-refractivity contribution in [2.75, 3.05) is 11.9 Å². The van der Waals surface area contributed by atoms with Gasteiger partial charge in [0.15, 0.2) is 5.82 Å². The SMILES string of the molecule is CCOC(=O)c1cn2ncnc(Nc3ccc4c(cnn4Cc4ccccc4)c3)c2c1Cc1ccccc1. The minimum absolute atomic E-state index is 0.296. The summed E-state index contributed by atoms with van der Waals surface area (Å²) in [5, 5.41) is 13.4. The van der Waals surface area contributed by atoms with Gasteiger partial charge in [-0.2, -0.15) is 10.2 Å². The van der Waals surface area contributed by atoms with Crippen LogP contribution in [0.15, 0.2) is 97.6 Å². The van der Waals surface area contributed by atoms with Crippen LogP contribution in [0.5, 0.6) is 0 Å². The zero-order valence-corrected chi connectivity index (χ0v) is 20.9. The number of fused-ring (bicyclic) bond motifs is 2. The zero-order chi connectivity index (χ0) is 25.9. The first-order valence-electron chi connectivity index (χ1n) is 12.5. The molecule has 188 valence electrons. The monoisotopic (exact) mass is 502 g/mol. The molecule has 0 aliphatic rings. The summed E-state index contributed by atoms with van der Waals surface area (Å²) in [4.78, 5) is 17.4. The molecule has 0 saturated carbocycles. The van der Waals surface area contributed by atoms with Crippen LogP contribution in [-0.4, -0.2) is 37.0 Å². The Labute approximate surface area is 219 Å². The van der Waals surface area contributed by atoms with Gasteiger partial charge < -0.3 is 10.1 Å². The van der Waals surface area contributed by atoms with E-state index in [9.17, 15) is 4.79 Å². The first-order chi connectivity index (χ1) is 18.7. The van der Waals surface area contributed by atoms with Gasteiger partial charge in [-0.25, -0.2) is 14.3 Å². The van der Waals surface area contributed by atoms with E-state index in [0.717, 1.165) is 33.2 Å². The number of rotatable bonds is 8. The average Bonchev–Trinajstić information content (AvgIpc) is 3.52. The van der Waals surface area contributed by atoms with Crippen LogP contribution in [0.2, 0.25) is 0 Å². The molecule has 8 nitrogen and oxygen atoms in total. The van der Waals surface area contributed by atoms with Crippen molar-refractivity contribution in [2.24, 2.45) is 0 Å². The lowest BCUT2D eigenvalue weighted by atomic mass is 10.0. The van der Waals surface area contributed by atoms with E-state index in [4.69, 9.17) is 4.74 Å². The average molecular weight is 503 g/mol. The summed E-state index contributed by atoms with van der Waals surface area (Å²) in [6, 6.07) is 26.4. The van der Waals surface area contributed by atoms with Gasteiger partial charge in [-0.05, 0) is 36.2 Å². The third kappa shape index (κ3) is 4.59. The Morgan fingerprint density at radius 1 is 0.947 bits per heavy atom. The molecule has 38 heavy (non-hydrogen) atoms. The van der Waals surface area contributed by atoms with Gasteiger partial charge in [-0.3, -0.25) is 4.68 Å². The fourth-order valence-corrected chi connectivity index (χ4v) is 4.71. The third-order valence-corrected chi connectivity index (χ3v) is 6.48. The minimum Gasteiger partial charge on any atom is -0.462 e. The second-order valence-electron chi connectivity index (χ2n) is 8.99. The van der Waals surface area contributed by atoms with E-state index in [1.807, 2.05) is 65.5 Å². The number of carbonyl (C=O) groups excluding carboxylic acids is 1. The van der Waals surface area contributed by atoms with Crippen LogP contribution >= 0.6 is 0 Å². The zero-order valence-electron chi connectivity index (χ0n) is 20.9. The van der Waals surface area contributed by atoms with Crippen LogP contribution in [0.4, 0.5) is 11.5 Å². The molecule has 0 aliphatic heterocycles. The molecule has 0 bridgehead atoms. The normalized spacial score (nSPS) is 11.2. The molecule has 0 amide bonds. The Morgan fingerprint density at radius 2 is 1.71 bits per heavy atom. The van der Waals surface area contributed by atoms with Crippen LogP contribution < -0.4 is 5.32 Å². The van der Waals surface area contributed by atoms with Crippen LogP contribution in [0, 0.1) is 0 Å². The maximum absolute atomic E-state index is 12.9. The molecule has 0 spiro atoms. The first kappa shape index (κ1) is 23.4. The number of esters is 1. The van der Waals surface area contributed by atoms with E-state index in [2.05, 4.69) is 44.8 Å². The molecule has 0 aliphatic carbocycles. The lowest BCUT2D eigenvalue weighted by Gasteiger charge is -2.10. The summed E-state index contributed by atoms with van der Waals surface area (Å²) in [5.41, 5.74) is 6.21. The lowest BCUT2D eigenvalue weighted by Crippen LogP contribution is -2.07. The molecule has 3 aromatic heterocycles. The van der Waals surface area contributed by atoms with Crippen molar-refractivity contribution in [3.63, 3.8) is 0 Å². The number of benzene rings is 3.